The van der Waals surface area contributed by atoms with Crippen molar-refractivity contribution < 1.29 is 34.1 Å². The van der Waals surface area contributed by atoms with Crippen LogP contribution in [0.1, 0.15) is 0 Å². The van der Waals surface area contributed by atoms with E-state index < -0.39 is 0 Å². The van der Waals surface area contributed by atoms with Crippen LogP contribution in [0.3, 0.4) is 0 Å². The van der Waals surface area contributed by atoms with Gasteiger partial charge in [0.1, 0.15) is 0 Å². The van der Waals surface area contributed by atoms with Crippen LogP contribution in [0.4, 0.5) is 0 Å². The van der Waals surface area contributed by atoms with Gasteiger partial charge in [0.25, 0.3) is 0 Å². The summed E-state index contributed by atoms with van der Waals surface area (Å²) in [5, 5.41) is 12.5. The average molecular weight is 179 g/mol. The Morgan fingerprint density at radius 2 is 0.667 bits per heavy atom. The van der Waals surface area contributed by atoms with Crippen molar-refractivity contribution in [3.63, 3.8) is 0 Å². The van der Waals surface area contributed by atoms with Crippen LogP contribution in [0.5, 0.6) is 0 Å². The molecule has 0 radical (unpaired) electrons. The van der Waals surface area contributed by atoms with Gasteiger partial charge in [0.05, 0.1) is 0 Å². The Morgan fingerprint density at radius 1 is 0.667 bits per heavy atom. The van der Waals surface area contributed by atoms with Crippen LogP contribution in [0.15, 0.2) is 0 Å². The Bertz CT molecular complexity index is 25.0. The van der Waals surface area contributed by atoms with Gasteiger partial charge in [-0.15, -0.1) is 0 Å². The van der Waals surface area contributed by atoms with E-state index in [1.54, 1.807) is 0 Å². The minimum absolute atomic E-state index is 0. The summed E-state index contributed by atoms with van der Waals surface area (Å²) in [6, 6.07) is 0. The summed E-state index contributed by atoms with van der Waals surface area (Å²) in [7, 11) is 0. The predicted octanol–water partition coefficient (Wildman–Crippen LogP) is 0.188. The van der Waals surface area contributed by atoms with E-state index in [4.69, 9.17) is 23.7 Å². The first-order valence-electron chi connectivity index (χ1n) is 0.447. The Labute approximate surface area is 58.1 Å². The van der Waals surface area contributed by atoms with Gasteiger partial charge in [-0.25, -0.2) is 0 Å². The molecule has 0 rings (SSSR count). The molecule has 0 atom stereocenters. The van der Waals surface area contributed by atoms with Gasteiger partial charge in [0, 0.05) is 0 Å². The minimum atomic E-state index is 0. The molecular weight excluding hydrogens is 179 g/mol. The summed E-state index contributed by atoms with van der Waals surface area (Å²) in [4.78, 5) is 0. The van der Waals surface area contributed by atoms with Gasteiger partial charge in [0.2, 0.25) is 0 Å². The fourth-order valence-corrected chi connectivity index (χ4v) is 0. The normalized spacial score (nSPS) is 0.667. The van der Waals surface area contributed by atoms with Crippen LogP contribution in [0, 0.1) is 23.7 Å². The maximum absolute atomic E-state index is 6.25. The van der Waals surface area contributed by atoms with E-state index in [2.05, 4.69) is 0 Å². The third-order valence-corrected chi connectivity index (χ3v) is 0. The Hall–Kier alpha value is 0.0190. The van der Waals surface area contributed by atoms with Crippen molar-refractivity contribution in [3.05, 3.63) is 13.1 Å². The van der Waals surface area contributed by atoms with Crippen molar-refractivity contribution in [2.24, 2.45) is 0 Å². The molecule has 40 valence electrons. The van der Waals surface area contributed by atoms with E-state index in [1.807, 2.05) is 0 Å². The molecule has 0 spiro atoms. The fourth-order valence-electron chi connectivity index (χ4n) is 0. The molecule has 0 saturated carbocycles. The SMILES string of the molecule is [C-]#N.[C-]#N.[Cu+].[Cu+]. The molecule has 0 bridgehead atoms. The molecule has 0 saturated heterocycles. The van der Waals surface area contributed by atoms with Gasteiger partial charge in [-0.3, -0.25) is 0 Å². The first-order chi connectivity index (χ1) is 2.00. The first kappa shape index (κ1) is 37.2. The molecule has 0 amide bonds. The third kappa shape index (κ3) is 102000. The molecule has 0 aliphatic carbocycles. The molecule has 0 N–H and O–H groups in total. The summed E-state index contributed by atoms with van der Waals surface area (Å²) in [6.45, 7) is 9.50. The van der Waals surface area contributed by atoms with Crippen LogP contribution >= 0.6 is 0 Å². The van der Waals surface area contributed by atoms with Gasteiger partial charge in [0.15, 0.2) is 0 Å². The van der Waals surface area contributed by atoms with Crippen molar-refractivity contribution in [3.8, 4) is 0 Å². The van der Waals surface area contributed by atoms with E-state index >= 15 is 0 Å². The molecular formula is C2Cu2N2. The van der Waals surface area contributed by atoms with E-state index in [0.717, 1.165) is 0 Å². The topological polar surface area (TPSA) is 47.6 Å². The number of nitrogens with zero attached hydrogens (tertiary/aromatic N) is 2. The van der Waals surface area contributed by atoms with Crippen molar-refractivity contribution in [1.82, 2.24) is 0 Å². The molecule has 2 nitrogen and oxygen atoms in total. The van der Waals surface area contributed by atoms with E-state index in [0.29, 0.717) is 0 Å². The summed E-state index contributed by atoms with van der Waals surface area (Å²) < 4.78 is 0. The Kier molecular flexibility index (Phi) is 1400000. The largest absolute Gasteiger partial charge is 1.00 e. The second-order valence-electron chi connectivity index (χ2n) is 0. The molecule has 0 aromatic rings. The van der Waals surface area contributed by atoms with Gasteiger partial charge in [-0.1, -0.05) is 0 Å². The third-order valence-electron chi connectivity index (χ3n) is 0. The van der Waals surface area contributed by atoms with Gasteiger partial charge in [-0.2, -0.15) is 0 Å². The fraction of sp³-hybridized carbons (Fsp3) is 0. The molecule has 0 heterocycles. The van der Waals surface area contributed by atoms with Gasteiger partial charge >= 0.3 is 34.1 Å². The van der Waals surface area contributed by atoms with Crippen LogP contribution < -0.4 is 0 Å². The number of hydrogen-bond acceptors (Lipinski definition) is 2. The molecule has 0 aromatic carbocycles. The zero-order valence-electron chi connectivity index (χ0n) is 2.50. The van der Waals surface area contributed by atoms with Crippen molar-refractivity contribution in [2.45, 2.75) is 0 Å². The maximum atomic E-state index is 6.25. The smallest absolute Gasteiger partial charge is 0.512 e. The van der Waals surface area contributed by atoms with Gasteiger partial charge in [-0.05, 0) is 0 Å². The molecule has 0 aliphatic rings. The second kappa shape index (κ2) is 225000. The molecule has 0 aromatic heterocycles. The monoisotopic (exact) mass is 178 g/mol. The van der Waals surface area contributed by atoms with Crippen LogP contribution in [0.25, 0.3) is 0 Å². The number of hydrogen-bond donors (Lipinski definition) is 0. The average Bonchev–Trinajstić information content (AvgIpc) is 1.50. The summed E-state index contributed by atoms with van der Waals surface area (Å²) in [5.41, 5.74) is 0. The van der Waals surface area contributed by atoms with Crippen LogP contribution in [0.2, 0.25) is 0 Å². The standard InChI is InChI=1S/2CN.2Cu/c2*1-2;;/q2*-1;2*+1. The molecule has 0 unspecified atom stereocenters. The van der Waals surface area contributed by atoms with E-state index in [1.165, 1.54) is 0 Å². The number of rotatable bonds is 0. The van der Waals surface area contributed by atoms with Crippen molar-refractivity contribution in [2.75, 3.05) is 0 Å². The van der Waals surface area contributed by atoms with E-state index in [-0.39, 0.29) is 34.1 Å². The van der Waals surface area contributed by atoms with Crippen LogP contribution in [-0.2, 0) is 34.1 Å². The zero-order chi connectivity index (χ0) is 4.00. The molecule has 4 heteroatoms. The zero-order valence-corrected chi connectivity index (χ0v) is 4.38. The quantitative estimate of drug-likeness (QED) is 0.393. The van der Waals surface area contributed by atoms with Crippen molar-refractivity contribution in [1.29, 1.82) is 10.5 Å². The summed E-state index contributed by atoms with van der Waals surface area (Å²) in [5.74, 6) is 0. The van der Waals surface area contributed by atoms with Crippen molar-refractivity contribution >= 4 is 0 Å². The Balaban J connectivity index is -0.00000000500. The second-order valence-corrected chi connectivity index (χ2v) is 0. The maximum Gasteiger partial charge on any atom is 1.00 e. The first-order valence-corrected chi connectivity index (χ1v) is 0.447. The summed E-state index contributed by atoms with van der Waals surface area (Å²) >= 11 is 0. The van der Waals surface area contributed by atoms with Gasteiger partial charge < -0.3 is 23.7 Å². The predicted molar refractivity (Wildman–Crippen MR) is 9.94 cm³/mol. The Morgan fingerprint density at radius 3 is 0.667 bits per heavy atom. The minimum Gasteiger partial charge on any atom is -0.512 e. The van der Waals surface area contributed by atoms with Crippen LogP contribution in [-0.4, -0.2) is 0 Å². The summed E-state index contributed by atoms with van der Waals surface area (Å²) in [6.07, 6.45) is 0. The molecule has 0 aliphatic heterocycles. The van der Waals surface area contributed by atoms with E-state index in [9.17, 15) is 0 Å². The molecule has 0 fully saturated rings. The molecule has 6 heavy (non-hydrogen) atoms.